The van der Waals surface area contributed by atoms with Crippen LogP contribution in [0.2, 0.25) is 5.02 Å². The highest BCUT2D eigenvalue weighted by molar-refractivity contribution is 8.93. The fourth-order valence-corrected chi connectivity index (χ4v) is 3.01. The summed E-state index contributed by atoms with van der Waals surface area (Å²) in [6.07, 6.45) is -0.0340. The average molecular weight is 473 g/mol. The van der Waals surface area contributed by atoms with Crippen LogP contribution < -0.4 is 5.32 Å². The van der Waals surface area contributed by atoms with Crippen LogP contribution in [-0.4, -0.2) is 39.8 Å². The smallest absolute Gasteiger partial charge is 0.322 e. The van der Waals surface area contributed by atoms with Gasteiger partial charge in [0.1, 0.15) is 0 Å². The minimum Gasteiger partial charge on any atom is -0.480 e. The van der Waals surface area contributed by atoms with Crippen molar-refractivity contribution in [2.75, 3.05) is 6.54 Å². The van der Waals surface area contributed by atoms with E-state index in [1.165, 1.54) is 12.1 Å². The molecular weight excluding hydrogens is 450 g/mol. The van der Waals surface area contributed by atoms with Crippen LogP contribution in [-0.2, 0) is 16.0 Å². The Morgan fingerprint density at radius 1 is 1.04 bits per heavy atom. The summed E-state index contributed by atoms with van der Waals surface area (Å²) in [6, 6.07) is 13.6. The summed E-state index contributed by atoms with van der Waals surface area (Å²) in [5, 5.41) is 32.1. The van der Waals surface area contributed by atoms with Gasteiger partial charge in [-0.25, -0.2) is 0 Å². The number of rotatable bonds is 9. The maximum Gasteiger partial charge on any atom is 0.322 e. The van der Waals surface area contributed by atoms with Crippen molar-refractivity contribution in [3.8, 4) is 0 Å². The molecule has 0 amide bonds. The molecule has 2 aromatic carbocycles. The molecule has 2 unspecified atom stereocenters. The summed E-state index contributed by atoms with van der Waals surface area (Å²) in [5.41, 5.74) is 1.90. The average Bonchev–Trinajstić information content (AvgIpc) is 2.60. The molecule has 0 aliphatic heterocycles. The molecule has 8 heteroatoms. The van der Waals surface area contributed by atoms with Gasteiger partial charge >= 0.3 is 11.9 Å². The van der Waals surface area contributed by atoms with Crippen LogP contribution in [0, 0.1) is 0 Å². The lowest BCUT2D eigenvalue weighted by atomic mass is 9.96. The predicted molar refractivity (Wildman–Crippen MR) is 112 cm³/mol. The van der Waals surface area contributed by atoms with Gasteiger partial charge < -0.3 is 20.6 Å². The number of aliphatic carboxylic acids is 2. The van der Waals surface area contributed by atoms with E-state index in [1.54, 1.807) is 30.3 Å². The zero-order valence-corrected chi connectivity index (χ0v) is 17.7. The summed E-state index contributed by atoms with van der Waals surface area (Å²) in [7, 11) is 0. The van der Waals surface area contributed by atoms with E-state index in [-0.39, 0.29) is 28.6 Å². The van der Waals surface area contributed by atoms with E-state index < -0.39 is 24.0 Å². The second-order valence-electron chi connectivity index (χ2n) is 6.44. The summed E-state index contributed by atoms with van der Waals surface area (Å²) in [5.74, 6) is -4.34. The Balaban J connectivity index is 0.00000392. The Hall–Kier alpha value is -1.93. The zero-order valence-electron chi connectivity index (χ0n) is 15.2. The number of hydrogen-bond donors (Lipinski definition) is 4. The number of carboxylic acids is 2. The molecule has 6 nitrogen and oxygen atoms in total. The van der Waals surface area contributed by atoms with Crippen molar-refractivity contribution in [1.82, 2.24) is 5.32 Å². The molecule has 0 saturated heterocycles. The molecule has 2 atom stereocenters. The molecule has 0 radical (unpaired) electrons. The molecule has 28 heavy (non-hydrogen) atoms. The third kappa shape index (κ3) is 6.91. The number of aliphatic hydroxyl groups excluding tert-OH is 1. The first-order valence-electron chi connectivity index (χ1n) is 8.49. The van der Waals surface area contributed by atoms with E-state index in [0.717, 1.165) is 11.1 Å². The van der Waals surface area contributed by atoms with Crippen LogP contribution >= 0.6 is 28.6 Å². The molecule has 0 saturated carbocycles. The molecule has 2 rings (SSSR count). The zero-order chi connectivity index (χ0) is 20.0. The molecule has 0 aliphatic carbocycles. The first kappa shape index (κ1) is 24.1. The van der Waals surface area contributed by atoms with Crippen LogP contribution in [0.25, 0.3) is 0 Å². The van der Waals surface area contributed by atoms with E-state index in [2.05, 4.69) is 5.32 Å². The van der Waals surface area contributed by atoms with E-state index in [0.29, 0.717) is 18.0 Å². The second kappa shape index (κ2) is 11.2. The highest BCUT2D eigenvalue weighted by Crippen LogP contribution is 2.19. The second-order valence-corrected chi connectivity index (χ2v) is 6.87. The molecule has 0 heterocycles. The molecule has 4 N–H and O–H groups in total. The largest absolute Gasteiger partial charge is 0.480 e. The van der Waals surface area contributed by atoms with Crippen LogP contribution in [0.15, 0.2) is 48.5 Å². The van der Waals surface area contributed by atoms with Crippen molar-refractivity contribution in [3.05, 3.63) is 70.2 Å². The van der Waals surface area contributed by atoms with Gasteiger partial charge in [0.15, 0.2) is 5.92 Å². The molecule has 0 fully saturated rings. The van der Waals surface area contributed by atoms with Crippen LogP contribution in [0.4, 0.5) is 0 Å². The minimum atomic E-state index is -1.57. The maximum absolute atomic E-state index is 11.1. The molecule has 0 bridgehead atoms. The molecule has 0 aliphatic rings. The van der Waals surface area contributed by atoms with E-state index in [1.807, 2.05) is 13.0 Å². The number of nitrogens with one attached hydrogen (secondary N) is 1. The quantitative estimate of drug-likeness (QED) is 0.417. The number of halogens is 2. The van der Waals surface area contributed by atoms with Gasteiger partial charge in [-0.2, -0.15) is 0 Å². The highest BCUT2D eigenvalue weighted by atomic mass is 79.9. The third-order valence-corrected chi connectivity index (χ3v) is 4.48. The lowest BCUT2D eigenvalue weighted by molar-refractivity contribution is -0.150. The standard InChI is InChI=1S/C20H22ClNO5.BrH/c1-12(22-11-17(23)15-3-2-4-16(21)10-15)9-13-5-7-14(8-6-13)18(19(24)25)20(26)27;/h2-8,10,12,17-18,22-23H,9,11H2,1H3,(H,24,25)(H,26,27);1H. The monoisotopic (exact) mass is 471 g/mol. The number of benzene rings is 2. The molecular formula is C20H23BrClNO5. The Labute approximate surface area is 178 Å². The van der Waals surface area contributed by atoms with Gasteiger partial charge in [0, 0.05) is 17.6 Å². The Morgan fingerprint density at radius 3 is 2.18 bits per heavy atom. The minimum absolute atomic E-state index is 0. The summed E-state index contributed by atoms with van der Waals surface area (Å²) in [4.78, 5) is 22.1. The lowest BCUT2D eigenvalue weighted by Crippen LogP contribution is -2.32. The lowest BCUT2D eigenvalue weighted by Gasteiger charge is -2.18. The van der Waals surface area contributed by atoms with Gasteiger partial charge in [0.2, 0.25) is 0 Å². The Kier molecular flexibility index (Phi) is 9.61. The fourth-order valence-electron chi connectivity index (χ4n) is 2.81. The van der Waals surface area contributed by atoms with Gasteiger partial charge in [0.05, 0.1) is 6.10 Å². The van der Waals surface area contributed by atoms with Gasteiger partial charge in [0.25, 0.3) is 0 Å². The van der Waals surface area contributed by atoms with E-state index in [4.69, 9.17) is 21.8 Å². The third-order valence-electron chi connectivity index (χ3n) is 4.24. The van der Waals surface area contributed by atoms with E-state index in [9.17, 15) is 14.7 Å². The van der Waals surface area contributed by atoms with Gasteiger partial charge in [-0.3, -0.25) is 9.59 Å². The van der Waals surface area contributed by atoms with Crippen LogP contribution in [0.1, 0.15) is 35.6 Å². The number of aliphatic hydroxyl groups is 1. The van der Waals surface area contributed by atoms with Crippen LogP contribution in [0.5, 0.6) is 0 Å². The SMILES string of the molecule is Br.CC(Cc1ccc(C(C(=O)O)C(=O)O)cc1)NCC(O)c1cccc(Cl)c1. The summed E-state index contributed by atoms with van der Waals surface area (Å²) in [6.45, 7) is 2.33. The maximum atomic E-state index is 11.1. The summed E-state index contributed by atoms with van der Waals surface area (Å²) < 4.78 is 0. The molecule has 0 spiro atoms. The van der Waals surface area contributed by atoms with Crippen LogP contribution in [0.3, 0.4) is 0 Å². The summed E-state index contributed by atoms with van der Waals surface area (Å²) >= 11 is 5.93. The number of carboxylic acid groups (broad SMARTS) is 2. The Morgan fingerprint density at radius 2 is 1.64 bits per heavy atom. The van der Waals surface area contributed by atoms with Crippen molar-refractivity contribution < 1.29 is 24.9 Å². The van der Waals surface area contributed by atoms with Crippen molar-refractivity contribution in [2.24, 2.45) is 0 Å². The first-order chi connectivity index (χ1) is 12.8. The normalized spacial score (nSPS) is 12.9. The first-order valence-corrected chi connectivity index (χ1v) is 8.87. The molecule has 2 aromatic rings. The van der Waals surface area contributed by atoms with Gasteiger partial charge in [-0.05, 0) is 42.2 Å². The van der Waals surface area contributed by atoms with Crippen molar-refractivity contribution in [1.29, 1.82) is 0 Å². The number of hydrogen-bond acceptors (Lipinski definition) is 4. The predicted octanol–water partition coefficient (Wildman–Crippen LogP) is 3.42. The highest BCUT2D eigenvalue weighted by Gasteiger charge is 2.27. The molecule has 0 aromatic heterocycles. The topological polar surface area (TPSA) is 107 Å². The number of carbonyl (C=O) groups is 2. The molecule has 152 valence electrons. The van der Waals surface area contributed by atoms with Gasteiger partial charge in [-0.1, -0.05) is 48.0 Å². The fraction of sp³-hybridized carbons (Fsp3) is 0.300. The van der Waals surface area contributed by atoms with E-state index >= 15 is 0 Å². The van der Waals surface area contributed by atoms with Crippen molar-refractivity contribution >= 4 is 40.5 Å². The van der Waals surface area contributed by atoms with Crippen molar-refractivity contribution in [3.63, 3.8) is 0 Å². The van der Waals surface area contributed by atoms with Gasteiger partial charge in [-0.15, -0.1) is 17.0 Å². The van der Waals surface area contributed by atoms with Crippen molar-refractivity contribution in [2.45, 2.75) is 31.4 Å². The Bertz CT molecular complexity index is 785.